The van der Waals surface area contributed by atoms with Gasteiger partial charge in [-0.05, 0) is 42.5 Å². The molecule has 10 heteroatoms. The van der Waals surface area contributed by atoms with Crippen LogP contribution in [0.25, 0.3) is 22.2 Å². The minimum atomic E-state index is -0.681. The molecule has 0 spiro atoms. The molecule has 7 nitrogen and oxygen atoms in total. The van der Waals surface area contributed by atoms with Crippen molar-refractivity contribution >= 4 is 39.8 Å². The quantitative estimate of drug-likeness (QED) is 0.393. The molecule has 3 aromatic heterocycles. The second-order valence-electron chi connectivity index (χ2n) is 7.29. The molecule has 164 valence electrons. The van der Waals surface area contributed by atoms with Gasteiger partial charge in [0.2, 0.25) is 0 Å². The molecule has 0 amide bonds. The van der Waals surface area contributed by atoms with Crippen LogP contribution in [0.3, 0.4) is 0 Å². The van der Waals surface area contributed by atoms with E-state index in [1.54, 1.807) is 36.4 Å². The van der Waals surface area contributed by atoms with E-state index in [0.717, 1.165) is 10.6 Å². The lowest BCUT2D eigenvalue weighted by molar-refractivity contribution is 0.627. The predicted molar refractivity (Wildman–Crippen MR) is 124 cm³/mol. The molecule has 3 heterocycles. The summed E-state index contributed by atoms with van der Waals surface area (Å²) < 4.78 is 17.2. The first kappa shape index (κ1) is 21.1. The van der Waals surface area contributed by atoms with Crippen molar-refractivity contribution in [2.75, 3.05) is 0 Å². The van der Waals surface area contributed by atoms with E-state index in [4.69, 9.17) is 23.2 Å². The van der Waals surface area contributed by atoms with Gasteiger partial charge in [-0.25, -0.2) is 18.7 Å². The molecule has 0 unspecified atom stereocenters. The smallest absolute Gasteiger partial charge is 0.287 e. The topological polar surface area (TPSA) is 78.4 Å². The summed E-state index contributed by atoms with van der Waals surface area (Å²) >= 11 is 11.8. The summed E-state index contributed by atoms with van der Waals surface area (Å²) in [6.07, 6.45) is 1.45. The van der Waals surface area contributed by atoms with Gasteiger partial charge in [0.15, 0.2) is 0 Å². The fourth-order valence-corrected chi connectivity index (χ4v) is 4.03. The summed E-state index contributed by atoms with van der Waals surface area (Å²) in [6, 6.07) is 14.7. The van der Waals surface area contributed by atoms with Gasteiger partial charge in [0.1, 0.15) is 11.5 Å². The van der Waals surface area contributed by atoms with Crippen molar-refractivity contribution in [1.82, 2.24) is 18.5 Å². The monoisotopic (exact) mass is 482 g/mol. The highest BCUT2D eigenvalue weighted by atomic mass is 35.5. The number of benzene rings is 2. The van der Waals surface area contributed by atoms with Gasteiger partial charge in [0, 0.05) is 12.3 Å². The Labute approximate surface area is 194 Å². The zero-order valence-electron chi connectivity index (χ0n) is 16.7. The zero-order valence-corrected chi connectivity index (χ0v) is 18.2. The number of para-hydroxylation sites is 1. The Bertz CT molecular complexity index is 1760. The van der Waals surface area contributed by atoms with E-state index in [1.165, 1.54) is 33.4 Å². The molecule has 0 aliphatic heterocycles. The SMILES string of the molecule is O=c1c2ccccc2n(Cc2cc(=O)n3cc(Cl)ccc3n2)c(=O)n1-c1ccc(F)c(Cl)c1. The summed E-state index contributed by atoms with van der Waals surface area (Å²) in [4.78, 5) is 43.6. The highest BCUT2D eigenvalue weighted by Crippen LogP contribution is 2.18. The van der Waals surface area contributed by atoms with Crippen LogP contribution in [0, 0.1) is 5.82 Å². The number of nitrogens with zero attached hydrogens (tertiary/aromatic N) is 4. The van der Waals surface area contributed by atoms with Crippen LogP contribution in [-0.2, 0) is 6.54 Å². The number of fused-ring (bicyclic) bond motifs is 2. The van der Waals surface area contributed by atoms with Crippen molar-refractivity contribution in [2.45, 2.75) is 6.54 Å². The van der Waals surface area contributed by atoms with E-state index < -0.39 is 17.1 Å². The molecule has 0 saturated carbocycles. The van der Waals surface area contributed by atoms with E-state index in [9.17, 15) is 18.8 Å². The Morgan fingerprint density at radius 3 is 2.52 bits per heavy atom. The van der Waals surface area contributed by atoms with Crippen molar-refractivity contribution in [3.8, 4) is 5.69 Å². The van der Waals surface area contributed by atoms with Crippen LogP contribution in [0.1, 0.15) is 5.69 Å². The number of halogens is 3. The van der Waals surface area contributed by atoms with Gasteiger partial charge in [-0.3, -0.25) is 18.6 Å². The van der Waals surface area contributed by atoms with E-state index in [0.29, 0.717) is 21.9 Å². The summed E-state index contributed by atoms with van der Waals surface area (Å²) in [6.45, 7) is -0.0804. The molecule has 0 bridgehead atoms. The first-order valence-electron chi connectivity index (χ1n) is 9.71. The van der Waals surface area contributed by atoms with Crippen molar-refractivity contribution in [3.05, 3.63) is 120 Å². The van der Waals surface area contributed by atoms with Crippen molar-refractivity contribution in [1.29, 1.82) is 0 Å². The van der Waals surface area contributed by atoms with Gasteiger partial charge >= 0.3 is 5.69 Å². The summed E-state index contributed by atoms with van der Waals surface area (Å²) in [5.74, 6) is -0.671. The van der Waals surface area contributed by atoms with E-state index in [2.05, 4.69) is 4.98 Å². The molecule has 0 fully saturated rings. The molecule has 0 aliphatic carbocycles. The molecule has 0 radical (unpaired) electrons. The first-order valence-corrected chi connectivity index (χ1v) is 10.5. The van der Waals surface area contributed by atoms with Gasteiger partial charge in [-0.2, -0.15) is 0 Å². The largest absolute Gasteiger partial charge is 0.336 e. The maximum Gasteiger partial charge on any atom is 0.336 e. The third kappa shape index (κ3) is 3.63. The molecule has 5 aromatic rings. The van der Waals surface area contributed by atoms with Crippen LogP contribution < -0.4 is 16.8 Å². The lowest BCUT2D eigenvalue weighted by Gasteiger charge is -2.14. The number of hydrogen-bond acceptors (Lipinski definition) is 4. The highest BCUT2D eigenvalue weighted by molar-refractivity contribution is 6.31. The standard InChI is InChI=1S/C23H13Cl2FN4O3/c24-13-5-8-20-27-14(9-21(31)29(20)11-13)12-28-19-4-2-1-3-16(19)22(32)30(23(28)33)15-6-7-18(26)17(25)10-15/h1-11H,12H2. The predicted octanol–water partition coefficient (Wildman–Crippen LogP) is 3.65. The Morgan fingerprint density at radius 2 is 1.73 bits per heavy atom. The van der Waals surface area contributed by atoms with Crippen LogP contribution in [-0.4, -0.2) is 18.5 Å². The lowest BCUT2D eigenvalue weighted by Crippen LogP contribution is -2.39. The minimum absolute atomic E-state index is 0.0804. The van der Waals surface area contributed by atoms with Crippen molar-refractivity contribution < 1.29 is 4.39 Å². The number of hydrogen-bond donors (Lipinski definition) is 0. The summed E-state index contributed by atoms with van der Waals surface area (Å²) in [5.41, 5.74) is -0.453. The highest BCUT2D eigenvalue weighted by Gasteiger charge is 2.16. The first-order chi connectivity index (χ1) is 15.8. The molecule has 0 N–H and O–H groups in total. The van der Waals surface area contributed by atoms with Crippen molar-refractivity contribution in [3.63, 3.8) is 0 Å². The Hall–Kier alpha value is -3.75. The second-order valence-corrected chi connectivity index (χ2v) is 8.13. The van der Waals surface area contributed by atoms with Crippen LogP contribution in [0.2, 0.25) is 10.0 Å². The Kier molecular flexibility index (Phi) is 5.11. The maximum absolute atomic E-state index is 13.7. The molecule has 0 aliphatic rings. The Balaban J connectivity index is 1.77. The average molecular weight is 483 g/mol. The van der Waals surface area contributed by atoms with Crippen LogP contribution in [0.15, 0.2) is 81.2 Å². The molecule has 0 atom stereocenters. The van der Waals surface area contributed by atoms with E-state index in [1.807, 2.05) is 0 Å². The van der Waals surface area contributed by atoms with Crippen molar-refractivity contribution in [2.24, 2.45) is 0 Å². The van der Waals surface area contributed by atoms with Gasteiger partial charge in [0.25, 0.3) is 11.1 Å². The summed E-state index contributed by atoms with van der Waals surface area (Å²) in [5, 5.41) is 0.426. The van der Waals surface area contributed by atoms with Crippen LogP contribution in [0.4, 0.5) is 4.39 Å². The average Bonchev–Trinajstić information content (AvgIpc) is 2.79. The number of aromatic nitrogens is 4. The number of rotatable bonds is 3. The normalized spacial score (nSPS) is 11.4. The van der Waals surface area contributed by atoms with Gasteiger partial charge < -0.3 is 0 Å². The van der Waals surface area contributed by atoms with Gasteiger partial charge in [-0.1, -0.05) is 35.3 Å². The molecular weight excluding hydrogens is 470 g/mol. The minimum Gasteiger partial charge on any atom is -0.287 e. The summed E-state index contributed by atoms with van der Waals surface area (Å²) in [7, 11) is 0. The zero-order chi connectivity index (χ0) is 23.3. The fourth-order valence-electron chi connectivity index (χ4n) is 3.69. The van der Waals surface area contributed by atoms with Crippen LogP contribution >= 0.6 is 23.2 Å². The number of pyridine rings is 1. The Morgan fingerprint density at radius 1 is 0.939 bits per heavy atom. The molecule has 0 saturated heterocycles. The molecule has 2 aromatic carbocycles. The third-order valence-electron chi connectivity index (χ3n) is 5.21. The van der Waals surface area contributed by atoms with Gasteiger partial charge in [0.05, 0.1) is 38.9 Å². The maximum atomic E-state index is 13.7. The second kappa shape index (κ2) is 7.99. The van der Waals surface area contributed by atoms with E-state index in [-0.39, 0.29) is 28.2 Å². The molecule has 33 heavy (non-hydrogen) atoms. The fraction of sp³-hybridized carbons (Fsp3) is 0.0435. The van der Waals surface area contributed by atoms with Gasteiger partial charge in [-0.15, -0.1) is 0 Å². The third-order valence-corrected chi connectivity index (χ3v) is 5.72. The molecule has 5 rings (SSSR count). The lowest BCUT2D eigenvalue weighted by atomic mass is 10.2. The van der Waals surface area contributed by atoms with Crippen LogP contribution in [0.5, 0.6) is 0 Å². The van der Waals surface area contributed by atoms with E-state index >= 15 is 0 Å². The molecular formula is C23H13Cl2FN4O3.